The minimum Gasteiger partial charge on any atom is -0.496 e. The van der Waals surface area contributed by atoms with Crippen molar-refractivity contribution < 1.29 is 13.9 Å². The molecule has 2 aromatic rings. The van der Waals surface area contributed by atoms with E-state index in [1.54, 1.807) is 26.4 Å². The summed E-state index contributed by atoms with van der Waals surface area (Å²) in [5.74, 6) is 2.07. The number of benzene rings is 2. The van der Waals surface area contributed by atoms with E-state index in [0.29, 0.717) is 5.92 Å². The average Bonchev–Trinajstić information content (AvgIpc) is 2.67. The van der Waals surface area contributed by atoms with Gasteiger partial charge in [-0.2, -0.15) is 0 Å². The summed E-state index contributed by atoms with van der Waals surface area (Å²) in [7, 11) is 3.43. The Morgan fingerprint density at radius 2 is 1.40 bits per heavy atom. The Bertz CT molecular complexity index is 703. The fraction of sp³-hybridized carbons (Fsp3) is 0.364. The summed E-state index contributed by atoms with van der Waals surface area (Å²) in [5.41, 5.74) is 3.16. The van der Waals surface area contributed by atoms with Crippen LogP contribution in [0.25, 0.3) is 12.2 Å². The Morgan fingerprint density at radius 3 is 1.96 bits per heavy atom. The molecule has 3 heteroatoms. The van der Waals surface area contributed by atoms with Crippen LogP contribution in [0.5, 0.6) is 11.5 Å². The standard InChI is InChI=1S/C22H25FO2/c1-24-20-14-17(9-8-16-10-12-19(23)13-11-16)15-21(25-2)22(20)18-6-4-3-5-7-18/h8-15,18H,3-7H2,1-2H3. The molecule has 2 nitrogen and oxygen atoms in total. The smallest absolute Gasteiger partial charge is 0.126 e. The first kappa shape index (κ1) is 17.5. The summed E-state index contributed by atoms with van der Waals surface area (Å²) in [6.45, 7) is 0. The van der Waals surface area contributed by atoms with Crippen LogP contribution in [0.4, 0.5) is 4.39 Å². The lowest BCUT2D eigenvalue weighted by molar-refractivity contribution is 0.359. The van der Waals surface area contributed by atoms with E-state index < -0.39 is 0 Å². The van der Waals surface area contributed by atoms with Crippen LogP contribution >= 0.6 is 0 Å². The fourth-order valence-electron chi connectivity index (χ4n) is 3.62. The van der Waals surface area contributed by atoms with Crippen molar-refractivity contribution in [2.24, 2.45) is 0 Å². The molecule has 0 unspecified atom stereocenters. The molecule has 0 amide bonds. The predicted octanol–water partition coefficient (Wildman–Crippen LogP) is 6.06. The van der Waals surface area contributed by atoms with Crippen molar-refractivity contribution in [3.63, 3.8) is 0 Å². The summed E-state index contributed by atoms with van der Waals surface area (Å²) >= 11 is 0. The monoisotopic (exact) mass is 340 g/mol. The Labute approximate surface area is 149 Å². The second-order valence-corrected chi connectivity index (χ2v) is 6.56. The highest BCUT2D eigenvalue weighted by Gasteiger charge is 2.23. The van der Waals surface area contributed by atoms with Crippen molar-refractivity contribution >= 4 is 12.2 Å². The molecule has 0 aliphatic heterocycles. The molecule has 3 rings (SSSR count). The van der Waals surface area contributed by atoms with Crippen LogP contribution in [0.15, 0.2) is 36.4 Å². The minimum atomic E-state index is -0.225. The Morgan fingerprint density at radius 1 is 0.840 bits per heavy atom. The van der Waals surface area contributed by atoms with Gasteiger partial charge in [0.05, 0.1) is 14.2 Å². The van der Waals surface area contributed by atoms with Gasteiger partial charge in [-0.1, -0.05) is 43.5 Å². The van der Waals surface area contributed by atoms with E-state index >= 15 is 0 Å². The molecule has 0 heterocycles. The molecule has 0 aromatic heterocycles. The summed E-state index contributed by atoms with van der Waals surface area (Å²) in [6.07, 6.45) is 10.2. The molecule has 0 saturated heterocycles. The first-order chi connectivity index (χ1) is 12.2. The van der Waals surface area contributed by atoms with Crippen molar-refractivity contribution in [1.82, 2.24) is 0 Å². The number of hydrogen-bond acceptors (Lipinski definition) is 2. The van der Waals surface area contributed by atoms with Gasteiger partial charge >= 0.3 is 0 Å². The van der Waals surface area contributed by atoms with E-state index in [1.807, 2.05) is 12.2 Å². The molecule has 0 spiro atoms. The zero-order valence-electron chi connectivity index (χ0n) is 14.9. The SMILES string of the molecule is COc1cc(C=Cc2ccc(F)cc2)cc(OC)c1C1CCCCC1. The lowest BCUT2D eigenvalue weighted by Crippen LogP contribution is -2.08. The second-order valence-electron chi connectivity index (χ2n) is 6.56. The van der Waals surface area contributed by atoms with E-state index in [0.717, 1.165) is 22.6 Å². The van der Waals surface area contributed by atoms with Gasteiger partial charge in [-0.05, 0) is 54.2 Å². The van der Waals surface area contributed by atoms with Gasteiger partial charge in [0.2, 0.25) is 0 Å². The highest BCUT2D eigenvalue weighted by Crippen LogP contribution is 2.43. The van der Waals surface area contributed by atoms with Gasteiger partial charge < -0.3 is 9.47 Å². The maximum absolute atomic E-state index is 13.0. The predicted molar refractivity (Wildman–Crippen MR) is 101 cm³/mol. The Kier molecular flexibility index (Phi) is 5.75. The molecule has 1 aliphatic rings. The lowest BCUT2D eigenvalue weighted by atomic mass is 9.82. The molecule has 0 radical (unpaired) electrons. The van der Waals surface area contributed by atoms with Crippen LogP contribution in [0.3, 0.4) is 0 Å². The first-order valence-electron chi connectivity index (χ1n) is 8.91. The number of ether oxygens (including phenoxy) is 2. The van der Waals surface area contributed by atoms with Gasteiger partial charge in [0.25, 0.3) is 0 Å². The molecule has 1 aliphatic carbocycles. The summed E-state index contributed by atoms with van der Waals surface area (Å²) in [5, 5.41) is 0. The largest absolute Gasteiger partial charge is 0.496 e. The third-order valence-electron chi connectivity index (χ3n) is 4.92. The molecule has 0 N–H and O–H groups in total. The van der Waals surface area contributed by atoms with Crippen molar-refractivity contribution in [1.29, 1.82) is 0 Å². The van der Waals surface area contributed by atoms with E-state index in [4.69, 9.17) is 9.47 Å². The topological polar surface area (TPSA) is 18.5 Å². The summed E-state index contributed by atoms with van der Waals surface area (Å²) in [4.78, 5) is 0. The molecule has 0 atom stereocenters. The van der Waals surface area contributed by atoms with Gasteiger partial charge in [-0.25, -0.2) is 4.39 Å². The number of rotatable bonds is 5. The maximum atomic E-state index is 13.0. The average molecular weight is 340 g/mol. The first-order valence-corrected chi connectivity index (χ1v) is 8.91. The normalized spacial score (nSPS) is 15.5. The highest BCUT2D eigenvalue weighted by atomic mass is 19.1. The molecular weight excluding hydrogens is 315 g/mol. The summed E-state index contributed by atoms with van der Waals surface area (Å²) in [6, 6.07) is 10.6. The zero-order valence-corrected chi connectivity index (χ0v) is 14.9. The highest BCUT2D eigenvalue weighted by molar-refractivity contribution is 5.72. The minimum absolute atomic E-state index is 0.225. The van der Waals surface area contributed by atoms with Crippen molar-refractivity contribution in [2.45, 2.75) is 38.0 Å². The quantitative estimate of drug-likeness (QED) is 0.616. The Hall–Kier alpha value is -2.29. The molecule has 2 aromatic carbocycles. The van der Waals surface area contributed by atoms with E-state index in [2.05, 4.69) is 12.1 Å². The molecule has 132 valence electrons. The van der Waals surface area contributed by atoms with E-state index in [-0.39, 0.29) is 5.82 Å². The van der Waals surface area contributed by atoms with Crippen LogP contribution in [0.1, 0.15) is 54.7 Å². The summed E-state index contributed by atoms with van der Waals surface area (Å²) < 4.78 is 24.4. The van der Waals surface area contributed by atoms with Gasteiger partial charge in [-0.15, -0.1) is 0 Å². The van der Waals surface area contributed by atoms with Gasteiger partial charge in [0.15, 0.2) is 0 Å². The van der Waals surface area contributed by atoms with E-state index in [1.165, 1.54) is 49.8 Å². The van der Waals surface area contributed by atoms with Crippen LogP contribution in [-0.4, -0.2) is 14.2 Å². The van der Waals surface area contributed by atoms with Gasteiger partial charge in [0, 0.05) is 5.56 Å². The fourth-order valence-corrected chi connectivity index (χ4v) is 3.62. The van der Waals surface area contributed by atoms with Crippen molar-refractivity contribution in [3.05, 3.63) is 58.9 Å². The second kappa shape index (κ2) is 8.19. The van der Waals surface area contributed by atoms with Crippen LogP contribution in [-0.2, 0) is 0 Å². The van der Waals surface area contributed by atoms with Crippen LogP contribution in [0, 0.1) is 5.82 Å². The third-order valence-corrected chi connectivity index (χ3v) is 4.92. The number of hydrogen-bond donors (Lipinski definition) is 0. The van der Waals surface area contributed by atoms with Crippen LogP contribution in [0.2, 0.25) is 0 Å². The van der Waals surface area contributed by atoms with Crippen molar-refractivity contribution in [3.8, 4) is 11.5 Å². The lowest BCUT2D eigenvalue weighted by Gasteiger charge is -2.26. The Balaban J connectivity index is 1.91. The molecule has 25 heavy (non-hydrogen) atoms. The zero-order chi connectivity index (χ0) is 17.6. The molecule has 1 saturated carbocycles. The van der Waals surface area contributed by atoms with E-state index in [9.17, 15) is 4.39 Å². The molecule has 0 bridgehead atoms. The van der Waals surface area contributed by atoms with Crippen LogP contribution < -0.4 is 9.47 Å². The number of halogens is 1. The van der Waals surface area contributed by atoms with Gasteiger partial charge in [-0.3, -0.25) is 0 Å². The van der Waals surface area contributed by atoms with Crippen molar-refractivity contribution in [2.75, 3.05) is 14.2 Å². The number of methoxy groups -OCH3 is 2. The molecular formula is C22H25FO2. The third kappa shape index (κ3) is 4.22. The van der Waals surface area contributed by atoms with Gasteiger partial charge in [0.1, 0.15) is 17.3 Å². The molecule has 1 fully saturated rings. The maximum Gasteiger partial charge on any atom is 0.126 e.